The summed E-state index contributed by atoms with van der Waals surface area (Å²) in [4.78, 5) is 14.3. The van der Waals surface area contributed by atoms with Crippen LogP contribution in [-0.4, -0.2) is 43.1 Å². The molecule has 1 aromatic carbocycles. The van der Waals surface area contributed by atoms with E-state index in [-0.39, 0.29) is 12.5 Å². The van der Waals surface area contributed by atoms with Crippen LogP contribution in [0.25, 0.3) is 0 Å². The monoisotopic (exact) mass is 368 g/mol. The number of carbonyl (C=O) groups is 1. The van der Waals surface area contributed by atoms with E-state index in [0.717, 1.165) is 23.5 Å². The van der Waals surface area contributed by atoms with Crippen LogP contribution in [0.1, 0.15) is 26.7 Å². The topological polar surface area (TPSA) is 41.6 Å². The molecule has 0 unspecified atom stereocenters. The zero-order valence-electron chi connectivity index (χ0n) is 13.3. The molecule has 2 atom stereocenters. The van der Waals surface area contributed by atoms with Gasteiger partial charge in [0.1, 0.15) is 5.75 Å². The number of halogens is 1. The van der Waals surface area contributed by atoms with E-state index < -0.39 is 0 Å². The van der Waals surface area contributed by atoms with E-state index >= 15 is 0 Å². The van der Waals surface area contributed by atoms with Gasteiger partial charge in [0, 0.05) is 23.6 Å². The number of rotatable bonds is 6. The number of ether oxygens (including phenoxy) is 1. The fourth-order valence-corrected chi connectivity index (χ4v) is 3.01. The Morgan fingerprint density at radius 2 is 2.18 bits per heavy atom. The molecule has 22 heavy (non-hydrogen) atoms. The molecule has 0 spiro atoms. The second kappa shape index (κ2) is 8.53. The molecule has 1 saturated heterocycles. The molecule has 1 N–H and O–H groups in total. The van der Waals surface area contributed by atoms with Crippen LogP contribution in [0.3, 0.4) is 0 Å². The Morgan fingerprint density at radius 1 is 1.45 bits per heavy atom. The maximum atomic E-state index is 11.9. The van der Waals surface area contributed by atoms with Crippen LogP contribution in [0.5, 0.6) is 5.75 Å². The van der Waals surface area contributed by atoms with Crippen LogP contribution >= 0.6 is 15.9 Å². The van der Waals surface area contributed by atoms with E-state index in [0.29, 0.717) is 18.3 Å². The smallest absolute Gasteiger partial charge is 0.257 e. The van der Waals surface area contributed by atoms with E-state index in [4.69, 9.17) is 4.74 Å². The van der Waals surface area contributed by atoms with Crippen molar-refractivity contribution >= 4 is 21.8 Å². The Kier molecular flexibility index (Phi) is 6.70. The molecule has 1 fully saturated rings. The van der Waals surface area contributed by atoms with Gasteiger partial charge in [-0.15, -0.1) is 0 Å². The Morgan fingerprint density at radius 3 is 2.86 bits per heavy atom. The first-order valence-electron chi connectivity index (χ1n) is 7.93. The lowest BCUT2D eigenvalue weighted by atomic mass is 9.99. The molecule has 4 nitrogen and oxygen atoms in total. The maximum Gasteiger partial charge on any atom is 0.257 e. The van der Waals surface area contributed by atoms with Gasteiger partial charge in [-0.05, 0) is 56.5 Å². The second-order valence-electron chi connectivity index (χ2n) is 6.14. The summed E-state index contributed by atoms with van der Waals surface area (Å²) in [6.45, 7) is 7.47. The molecule has 0 aliphatic carbocycles. The molecule has 1 heterocycles. The largest absolute Gasteiger partial charge is 0.484 e. The summed E-state index contributed by atoms with van der Waals surface area (Å²) < 4.78 is 6.47. The number of hydrogen-bond donors (Lipinski definition) is 1. The number of benzene rings is 1. The molecular weight excluding hydrogens is 344 g/mol. The molecule has 5 heteroatoms. The minimum Gasteiger partial charge on any atom is -0.484 e. The summed E-state index contributed by atoms with van der Waals surface area (Å²) in [5.74, 6) is 1.39. The Labute approximate surface area is 141 Å². The number of likely N-dealkylation sites (tertiary alicyclic amines) is 1. The van der Waals surface area contributed by atoms with E-state index in [1.165, 1.54) is 12.8 Å². The molecular formula is C17H25BrN2O2. The Hall–Kier alpha value is -1.07. The summed E-state index contributed by atoms with van der Waals surface area (Å²) in [6.07, 6.45) is 2.57. The zero-order chi connectivity index (χ0) is 15.9. The number of nitrogens with zero attached hydrogens (tertiary/aromatic N) is 1. The van der Waals surface area contributed by atoms with Gasteiger partial charge < -0.3 is 10.1 Å². The third-order valence-corrected chi connectivity index (χ3v) is 4.62. The number of carbonyl (C=O) groups excluding carboxylic acids is 1. The van der Waals surface area contributed by atoms with E-state index in [2.05, 4.69) is 40.0 Å². The molecule has 0 saturated carbocycles. The lowest BCUT2D eigenvalue weighted by Gasteiger charge is -2.35. The van der Waals surface area contributed by atoms with Gasteiger partial charge in [0.15, 0.2) is 6.61 Å². The van der Waals surface area contributed by atoms with Crippen molar-refractivity contribution < 1.29 is 9.53 Å². The van der Waals surface area contributed by atoms with Gasteiger partial charge in [-0.1, -0.05) is 22.9 Å². The Balaban J connectivity index is 1.67. The number of hydrogen-bond acceptors (Lipinski definition) is 3. The van der Waals surface area contributed by atoms with Crippen molar-refractivity contribution in [2.24, 2.45) is 5.92 Å². The first-order chi connectivity index (χ1) is 10.5. The maximum absolute atomic E-state index is 11.9. The zero-order valence-corrected chi connectivity index (χ0v) is 14.9. The van der Waals surface area contributed by atoms with Gasteiger partial charge in [0.05, 0.1) is 0 Å². The van der Waals surface area contributed by atoms with Crippen molar-refractivity contribution in [3.05, 3.63) is 28.7 Å². The van der Waals surface area contributed by atoms with Gasteiger partial charge in [-0.25, -0.2) is 0 Å². The summed E-state index contributed by atoms with van der Waals surface area (Å²) in [6, 6.07) is 7.85. The third-order valence-electron chi connectivity index (χ3n) is 4.09. The highest BCUT2D eigenvalue weighted by atomic mass is 79.9. The summed E-state index contributed by atoms with van der Waals surface area (Å²) in [5, 5.41) is 2.96. The average Bonchev–Trinajstić information content (AvgIpc) is 2.52. The fraction of sp³-hybridized carbons (Fsp3) is 0.588. The van der Waals surface area contributed by atoms with Crippen LogP contribution in [0.4, 0.5) is 0 Å². The molecule has 2 rings (SSSR count). The standard InChI is InChI=1S/C17H25BrN2O2/c1-13-4-3-9-20(11-13)14(2)10-19-17(21)12-22-16-7-5-15(18)6-8-16/h5-8,13-14H,3-4,9-12H2,1-2H3,(H,19,21)/t13-,14+/m0/s1. The lowest BCUT2D eigenvalue weighted by Crippen LogP contribution is -2.46. The third kappa shape index (κ3) is 5.61. The minimum atomic E-state index is -0.0696. The van der Waals surface area contributed by atoms with Crippen molar-refractivity contribution in [2.75, 3.05) is 26.2 Å². The molecule has 0 radical (unpaired) electrons. The molecule has 0 bridgehead atoms. The van der Waals surface area contributed by atoms with E-state index in [1.54, 1.807) is 0 Å². The van der Waals surface area contributed by atoms with Crippen molar-refractivity contribution in [1.82, 2.24) is 10.2 Å². The van der Waals surface area contributed by atoms with Crippen LogP contribution < -0.4 is 10.1 Å². The SMILES string of the molecule is C[C@H]1CCCN([C@H](C)CNC(=O)COc2ccc(Br)cc2)C1. The number of nitrogens with one attached hydrogen (secondary N) is 1. The van der Waals surface area contributed by atoms with Crippen LogP contribution in [0.15, 0.2) is 28.7 Å². The van der Waals surface area contributed by atoms with Gasteiger partial charge in [-0.2, -0.15) is 0 Å². The van der Waals surface area contributed by atoms with Crippen LogP contribution in [0.2, 0.25) is 0 Å². The van der Waals surface area contributed by atoms with Gasteiger partial charge in [0.2, 0.25) is 0 Å². The molecule has 1 aliphatic rings. The molecule has 1 aromatic rings. The van der Waals surface area contributed by atoms with Gasteiger partial charge in [0.25, 0.3) is 5.91 Å². The van der Waals surface area contributed by atoms with Crippen molar-refractivity contribution in [1.29, 1.82) is 0 Å². The first kappa shape index (κ1) is 17.3. The van der Waals surface area contributed by atoms with Gasteiger partial charge >= 0.3 is 0 Å². The van der Waals surface area contributed by atoms with Crippen molar-refractivity contribution in [3.63, 3.8) is 0 Å². The average molecular weight is 369 g/mol. The highest BCUT2D eigenvalue weighted by molar-refractivity contribution is 9.10. The van der Waals surface area contributed by atoms with Crippen LogP contribution in [0, 0.1) is 5.92 Å². The van der Waals surface area contributed by atoms with Crippen molar-refractivity contribution in [2.45, 2.75) is 32.7 Å². The molecule has 122 valence electrons. The number of amides is 1. The van der Waals surface area contributed by atoms with Crippen molar-refractivity contribution in [3.8, 4) is 5.75 Å². The molecule has 1 amide bonds. The fourth-order valence-electron chi connectivity index (χ4n) is 2.75. The Bertz CT molecular complexity index is 478. The quantitative estimate of drug-likeness (QED) is 0.838. The normalized spacial score (nSPS) is 20.4. The first-order valence-corrected chi connectivity index (χ1v) is 8.73. The van der Waals surface area contributed by atoms with E-state index in [9.17, 15) is 4.79 Å². The van der Waals surface area contributed by atoms with Gasteiger partial charge in [-0.3, -0.25) is 9.69 Å². The molecule has 1 aliphatic heterocycles. The molecule has 0 aromatic heterocycles. The predicted octanol–water partition coefficient (Wildman–Crippen LogP) is 3.06. The summed E-state index contributed by atoms with van der Waals surface area (Å²) >= 11 is 3.37. The van der Waals surface area contributed by atoms with E-state index in [1.807, 2.05) is 24.3 Å². The highest BCUT2D eigenvalue weighted by Gasteiger charge is 2.21. The minimum absolute atomic E-state index is 0.0603. The predicted molar refractivity (Wildman–Crippen MR) is 92.1 cm³/mol. The summed E-state index contributed by atoms with van der Waals surface area (Å²) in [5.41, 5.74) is 0. The second-order valence-corrected chi connectivity index (χ2v) is 7.05. The van der Waals surface area contributed by atoms with Crippen LogP contribution in [-0.2, 0) is 4.79 Å². The highest BCUT2D eigenvalue weighted by Crippen LogP contribution is 2.17. The number of piperidine rings is 1. The summed E-state index contributed by atoms with van der Waals surface area (Å²) in [7, 11) is 0. The lowest BCUT2D eigenvalue weighted by molar-refractivity contribution is -0.123.